The third-order valence-electron chi connectivity index (χ3n) is 2.29. The Morgan fingerprint density at radius 3 is 2.88 bits per heavy atom. The molecule has 1 aliphatic rings. The Labute approximate surface area is 94.1 Å². The second kappa shape index (κ2) is 4.43. The Balaban J connectivity index is 1.98. The van der Waals surface area contributed by atoms with Crippen LogP contribution < -0.4 is 9.47 Å². The van der Waals surface area contributed by atoms with Crippen LogP contribution in [0.4, 0.5) is 0 Å². The van der Waals surface area contributed by atoms with Gasteiger partial charge in [0.2, 0.25) is 6.79 Å². The molecule has 2 rings (SSSR count). The van der Waals surface area contributed by atoms with Gasteiger partial charge in [-0.05, 0) is 17.7 Å². The molecule has 0 fully saturated rings. The average Bonchev–Trinajstić information content (AvgIpc) is 2.72. The van der Waals surface area contributed by atoms with Crippen LogP contribution in [0.2, 0.25) is 0 Å². The van der Waals surface area contributed by atoms with Crippen LogP contribution in [0, 0.1) is 5.92 Å². The van der Waals surface area contributed by atoms with Crippen LogP contribution in [-0.2, 0) is 16.1 Å². The first-order valence-corrected chi connectivity index (χ1v) is 5.22. The van der Waals surface area contributed by atoms with Crippen molar-refractivity contribution in [2.45, 2.75) is 20.5 Å². The molecule has 0 saturated heterocycles. The number of benzene rings is 1. The molecule has 16 heavy (non-hydrogen) atoms. The van der Waals surface area contributed by atoms with E-state index in [2.05, 4.69) is 0 Å². The number of esters is 1. The Bertz CT molecular complexity index is 398. The molecule has 0 bridgehead atoms. The largest absolute Gasteiger partial charge is 0.461 e. The van der Waals surface area contributed by atoms with Crippen molar-refractivity contribution in [2.75, 3.05) is 6.79 Å². The molecule has 0 aromatic heterocycles. The molecule has 4 heteroatoms. The Kier molecular flexibility index (Phi) is 2.99. The standard InChI is InChI=1S/C12H14O4/c1-8(2)12(13)14-6-9-3-4-10-11(5-9)16-7-15-10/h3-5,8H,6-7H2,1-2H3. The van der Waals surface area contributed by atoms with Gasteiger partial charge in [0.05, 0.1) is 5.92 Å². The molecule has 86 valence electrons. The summed E-state index contributed by atoms with van der Waals surface area (Å²) in [6.45, 7) is 4.14. The minimum absolute atomic E-state index is 0.103. The molecular formula is C12H14O4. The van der Waals surface area contributed by atoms with Crippen molar-refractivity contribution >= 4 is 5.97 Å². The fourth-order valence-electron chi connectivity index (χ4n) is 1.35. The number of carbonyl (C=O) groups is 1. The summed E-state index contributed by atoms with van der Waals surface area (Å²) < 4.78 is 15.5. The second-order valence-electron chi connectivity index (χ2n) is 3.95. The number of ether oxygens (including phenoxy) is 3. The molecule has 0 radical (unpaired) electrons. The highest BCUT2D eigenvalue weighted by molar-refractivity contribution is 5.71. The van der Waals surface area contributed by atoms with E-state index in [1.165, 1.54) is 0 Å². The van der Waals surface area contributed by atoms with E-state index in [1.54, 1.807) is 0 Å². The van der Waals surface area contributed by atoms with Gasteiger partial charge in [0.1, 0.15) is 6.61 Å². The predicted octanol–water partition coefficient (Wildman–Crippen LogP) is 2.11. The van der Waals surface area contributed by atoms with Crippen molar-refractivity contribution in [3.8, 4) is 11.5 Å². The van der Waals surface area contributed by atoms with Crippen molar-refractivity contribution in [3.05, 3.63) is 23.8 Å². The maximum atomic E-state index is 11.3. The summed E-state index contributed by atoms with van der Waals surface area (Å²) >= 11 is 0. The fourth-order valence-corrected chi connectivity index (χ4v) is 1.35. The van der Waals surface area contributed by atoms with Gasteiger partial charge in [-0.25, -0.2) is 0 Å². The molecule has 0 unspecified atom stereocenters. The van der Waals surface area contributed by atoms with E-state index in [4.69, 9.17) is 14.2 Å². The summed E-state index contributed by atoms with van der Waals surface area (Å²) in [5, 5.41) is 0. The van der Waals surface area contributed by atoms with E-state index in [-0.39, 0.29) is 25.3 Å². The lowest BCUT2D eigenvalue weighted by atomic mass is 10.2. The maximum Gasteiger partial charge on any atom is 0.308 e. The molecule has 1 heterocycles. The first-order chi connectivity index (χ1) is 7.66. The SMILES string of the molecule is CC(C)C(=O)OCc1ccc2c(c1)OCO2. The van der Waals surface area contributed by atoms with Crippen LogP contribution in [-0.4, -0.2) is 12.8 Å². The van der Waals surface area contributed by atoms with E-state index < -0.39 is 0 Å². The van der Waals surface area contributed by atoms with E-state index in [1.807, 2.05) is 32.0 Å². The summed E-state index contributed by atoms with van der Waals surface area (Å²) in [5.74, 6) is 1.14. The lowest BCUT2D eigenvalue weighted by Crippen LogP contribution is -2.11. The van der Waals surface area contributed by atoms with Crippen LogP contribution in [0.5, 0.6) is 11.5 Å². The van der Waals surface area contributed by atoms with Crippen LogP contribution >= 0.6 is 0 Å². The first-order valence-electron chi connectivity index (χ1n) is 5.22. The van der Waals surface area contributed by atoms with Gasteiger partial charge in [-0.3, -0.25) is 4.79 Å². The van der Waals surface area contributed by atoms with E-state index >= 15 is 0 Å². The van der Waals surface area contributed by atoms with Crippen molar-refractivity contribution in [1.29, 1.82) is 0 Å². The van der Waals surface area contributed by atoms with Gasteiger partial charge in [0.25, 0.3) is 0 Å². The second-order valence-corrected chi connectivity index (χ2v) is 3.95. The van der Waals surface area contributed by atoms with E-state index in [0.717, 1.165) is 11.3 Å². The number of hydrogen-bond acceptors (Lipinski definition) is 4. The molecule has 4 nitrogen and oxygen atoms in total. The third-order valence-corrected chi connectivity index (χ3v) is 2.29. The number of rotatable bonds is 3. The van der Waals surface area contributed by atoms with Gasteiger partial charge in [0.15, 0.2) is 11.5 Å². The number of carbonyl (C=O) groups excluding carboxylic acids is 1. The van der Waals surface area contributed by atoms with Gasteiger partial charge in [0, 0.05) is 0 Å². The van der Waals surface area contributed by atoms with E-state index in [9.17, 15) is 4.79 Å². The average molecular weight is 222 g/mol. The first kappa shape index (κ1) is 10.8. The van der Waals surface area contributed by atoms with Crippen molar-refractivity contribution < 1.29 is 19.0 Å². The Morgan fingerprint density at radius 1 is 1.38 bits per heavy atom. The Hall–Kier alpha value is -1.71. The normalized spacial score (nSPS) is 12.9. The number of hydrogen-bond donors (Lipinski definition) is 0. The smallest absolute Gasteiger partial charge is 0.308 e. The van der Waals surface area contributed by atoms with Crippen LogP contribution in [0.25, 0.3) is 0 Å². The summed E-state index contributed by atoms with van der Waals surface area (Å²) in [4.78, 5) is 11.3. The van der Waals surface area contributed by atoms with Gasteiger partial charge in [-0.15, -0.1) is 0 Å². The van der Waals surface area contributed by atoms with Crippen molar-refractivity contribution in [2.24, 2.45) is 5.92 Å². The minimum Gasteiger partial charge on any atom is -0.461 e. The summed E-state index contributed by atoms with van der Waals surface area (Å²) in [7, 11) is 0. The van der Waals surface area contributed by atoms with Gasteiger partial charge >= 0.3 is 5.97 Å². The predicted molar refractivity (Wildman–Crippen MR) is 57.2 cm³/mol. The molecular weight excluding hydrogens is 208 g/mol. The molecule has 0 atom stereocenters. The molecule has 1 aliphatic heterocycles. The van der Waals surface area contributed by atoms with Crippen molar-refractivity contribution in [1.82, 2.24) is 0 Å². The lowest BCUT2D eigenvalue weighted by Gasteiger charge is -2.07. The molecule has 0 aliphatic carbocycles. The summed E-state index contributed by atoms with van der Waals surface area (Å²) in [5.41, 5.74) is 0.901. The molecule has 0 amide bonds. The fraction of sp³-hybridized carbons (Fsp3) is 0.417. The molecule has 0 spiro atoms. The third kappa shape index (κ3) is 2.27. The van der Waals surface area contributed by atoms with Crippen molar-refractivity contribution in [3.63, 3.8) is 0 Å². The highest BCUT2D eigenvalue weighted by Crippen LogP contribution is 2.32. The van der Waals surface area contributed by atoms with Gasteiger partial charge < -0.3 is 14.2 Å². The quantitative estimate of drug-likeness (QED) is 0.735. The molecule has 1 aromatic rings. The van der Waals surface area contributed by atoms with Gasteiger partial charge in [-0.1, -0.05) is 19.9 Å². The molecule has 0 saturated carbocycles. The monoisotopic (exact) mass is 222 g/mol. The van der Waals surface area contributed by atoms with Crippen LogP contribution in [0.1, 0.15) is 19.4 Å². The summed E-state index contributed by atoms with van der Waals surface area (Å²) in [6.07, 6.45) is 0. The zero-order valence-corrected chi connectivity index (χ0v) is 9.36. The zero-order valence-electron chi connectivity index (χ0n) is 9.36. The Morgan fingerprint density at radius 2 is 2.12 bits per heavy atom. The summed E-state index contributed by atoms with van der Waals surface area (Å²) in [6, 6.07) is 5.51. The highest BCUT2D eigenvalue weighted by Gasteiger charge is 2.14. The highest BCUT2D eigenvalue weighted by atomic mass is 16.7. The lowest BCUT2D eigenvalue weighted by molar-refractivity contribution is -0.148. The van der Waals surface area contributed by atoms with Crippen LogP contribution in [0.15, 0.2) is 18.2 Å². The minimum atomic E-state index is -0.197. The molecule has 0 N–H and O–H groups in total. The zero-order chi connectivity index (χ0) is 11.5. The molecule has 1 aromatic carbocycles. The topological polar surface area (TPSA) is 44.8 Å². The van der Waals surface area contributed by atoms with Gasteiger partial charge in [-0.2, -0.15) is 0 Å². The van der Waals surface area contributed by atoms with E-state index in [0.29, 0.717) is 5.75 Å². The maximum absolute atomic E-state index is 11.3. The van der Waals surface area contributed by atoms with Crippen LogP contribution in [0.3, 0.4) is 0 Å². The number of fused-ring (bicyclic) bond motifs is 1.